The average molecular weight is 221 g/mol. The molecular weight excluding hydrogens is 206 g/mol. The van der Waals surface area contributed by atoms with Crippen molar-refractivity contribution < 1.29 is 0 Å². The van der Waals surface area contributed by atoms with Crippen molar-refractivity contribution in [2.45, 2.75) is 12.6 Å². The highest BCUT2D eigenvalue weighted by Gasteiger charge is 2.05. The van der Waals surface area contributed by atoms with E-state index in [0.29, 0.717) is 0 Å². The van der Waals surface area contributed by atoms with E-state index in [1.54, 1.807) is 0 Å². The fourth-order valence-corrected chi connectivity index (χ4v) is 1.73. The van der Waals surface area contributed by atoms with Gasteiger partial charge in [-0.1, -0.05) is 66.6 Å². The second-order valence-corrected chi connectivity index (χ2v) is 3.88. The molecule has 0 heterocycles. The standard InChI is InChI=1S/C16H15N/c1-2-16(15-11-7-4-8-12-15)17-13-14-9-5-3-6-10-14/h1,3-12,16-17H,13H2. The lowest BCUT2D eigenvalue weighted by Gasteiger charge is -2.13. The predicted octanol–water partition coefficient (Wildman–Crippen LogP) is 3.15. The Kier molecular flexibility index (Phi) is 3.96. The summed E-state index contributed by atoms with van der Waals surface area (Å²) in [6.07, 6.45) is 5.56. The van der Waals surface area contributed by atoms with E-state index < -0.39 is 0 Å². The van der Waals surface area contributed by atoms with Crippen molar-refractivity contribution in [1.82, 2.24) is 5.32 Å². The third-order valence-electron chi connectivity index (χ3n) is 2.65. The van der Waals surface area contributed by atoms with Crippen molar-refractivity contribution in [2.75, 3.05) is 0 Å². The summed E-state index contributed by atoms with van der Waals surface area (Å²) >= 11 is 0. The average Bonchev–Trinajstić information content (AvgIpc) is 2.42. The molecule has 0 fully saturated rings. The van der Waals surface area contributed by atoms with Gasteiger partial charge in [0.2, 0.25) is 0 Å². The first-order valence-corrected chi connectivity index (χ1v) is 5.68. The molecule has 0 saturated carbocycles. The van der Waals surface area contributed by atoms with Crippen LogP contribution in [0.2, 0.25) is 0 Å². The Hall–Kier alpha value is -2.04. The molecule has 0 radical (unpaired) electrons. The molecule has 1 heteroatoms. The van der Waals surface area contributed by atoms with Crippen LogP contribution in [-0.4, -0.2) is 0 Å². The van der Waals surface area contributed by atoms with Crippen molar-refractivity contribution in [1.29, 1.82) is 0 Å². The summed E-state index contributed by atoms with van der Waals surface area (Å²) < 4.78 is 0. The van der Waals surface area contributed by atoms with Crippen LogP contribution in [0.4, 0.5) is 0 Å². The van der Waals surface area contributed by atoms with Crippen molar-refractivity contribution in [3.05, 3.63) is 71.8 Å². The Labute approximate surface area is 102 Å². The molecule has 2 rings (SSSR count). The van der Waals surface area contributed by atoms with E-state index in [0.717, 1.165) is 12.1 Å². The summed E-state index contributed by atoms with van der Waals surface area (Å²) in [5.74, 6) is 2.78. The fourth-order valence-electron chi connectivity index (χ4n) is 1.73. The quantitative estimate of drug-likeness (QED) is 0.782. The van der Waals surface area contributed by atoms with E-state index in [-0.39, 0.29) is 6.04 Å². The van der Waals surface area contributed by atoms with Gasteiger partial charge in [-0.3, -0.25) is 5.32 Å². The summed E-state index contributed by atoms with van der Waals surface area (Å²) in [4.78, 5) is 0. The Morgan fingerprint density at radius 1 is 0.941 bits per heavy atom. The molecule has 0 aliphatic heterocycles. The molecule has 0 bridgehead atoms. The van der Waals surface area contributed by atoms with E-state index in [4.69, 9.17) is 6.42 Å². The lowest BCUT2D eigenvalue weighted by atomic mass is 10.1. The minimum absolute atomic E-state index is 0.0311. The summed E-state index contributed by atoms with van der Waals surface area (Å²) in [5, 5.41) is 3.37. The maximum atomic E-state index is 5.56. The van der Waals surface area contributed by atoms with E-state index >= 15 is 0 Å². The maximum absolute atomic E-state index is 5.56. The van der Waals surface area contributed by atoms with Crippen molar-refractivity contribution >= 4 is 0 Å². The zero-order valence-electron chi connectivity index (χ0n) is 9.64. The summed E-state index contributed by atoms with van der Waals surface area (Å²) in [7, 11) is 0. The first-order chi connectivity index (χ1) is 8.40. The molecule has 0 aliphatic carbocycles. The normalized spacial score (nSPS) is 11.7. The molecule has 84 valence electrons. The zero-order valence-corrected chi connectivity index (χ0v) is 9.64. The molecule has 17 heavy (non-hydrogen) atoms. The van der Waals surface area contributed by atoms with Gasteiger partial charge in [0.15, 0.2) is 0 Å². The van der Waals surface area contributed by atoms with Crippen LogP contribution >= 0.6 is 0 Å². The lowest BCUT2D eigenvalue weighted by Crippen LogP contribution is -2.19. The van der Waals surface area contributed by atoms with E-state index in [2.05, 4.69) is 23.4 Å². The Bertz CT molecular complexity index is 482. The maximum Gasteiger partial charge on any atom is 0.0945 e. The molecule has 2 aromatic rings. The molecule has 0 aromatic heterocycles. The number of rotatable bonds is 4. The topological polar surface area (TPSA) is 12.0 Å². The number of hydrogen-bond acceptors (Lipinski definition) is 1. The second kappa shape index (κ2) is 5.89. The SMILES string of the molecule is C#CC(NCc1ccccc1)c1ccccc1. The van der Waals surface area contributed by atoms with Crippen LogP contribution in [0.1, 0.15) is 17.2 Å². The third kappa shape index (κ3) is 3.21. The van der Waals surface area contributed by atoms with Gasteiger partial charge in [0.25, 0.3) is 0 Å². The van der Waals surface area contributed by atoms with Gasteiger partial charge in [0.05, 0.1) is 6.04 Å². The third-order valence-corrected chi connectivity index (χ3v) is 2.65. The van der Waals surface area contributed by atoms with Crippen LogP contribution in [0.5, 0.6) is 0 Å². The molecule has 0 amide bonds. The molecule has 2 aromatic carbocycles. The van der Waals surface area contributed by atoms with Crippen LogP contribution in [0, 0.1) is 12.3 Å². The molecule has 1 atom stereocenters. The Morgan fingerprint density at radius 3 is 2.12 bits per heavy atom. The molecule has 1 nitrogen and oxygen atoms in total. The van der Waals surface area contributed by atoms with E-state index in [9.17, 15) is 0 Å². The highest BCUT2D eigenvalue weighted by atomic mass is 14.9. The second-order valence-electron chi connectivity index (χ2n) is 3.88. The van der Waals surface area contributed by atoms with E-state index in [1.165, 1.54) is 5.56 Å². The number of terminal acetylenes is 1. The van der Waals surface area contributed by atoms with Crippen LogP contribution < -0.4 is 5.32 Å². The van der Waals surface area contributed by atoms with E-state index in [1.807, 2.05) is 48.5 Å². The van der Waals surface area contributed by atoms with Crippen molar-refractivity contribution in [2.24, 2.45) is 0 Å². The molecule has 0 aliphatic rings. The first-order valence-electron chi connectivity index (χ1n) is 5.68. The molecule has 1 unspecified atom stereocenters. The smallest absolute Gasteiger partial charge is 0.0945 e. The van der Waals surface area contributed by atoms with Crippen LogP contribution in [0.25, 0.3) is 0 Å². The summed E-state index contributed by atoms with van der Waals surface area (Å²) in [5.41, 5.74) is 2.37. The largest absolute Gasteiger partial charge is 0.296 e. The number of hydrogen-bond donors (Lipinski definition) is 1. The van der Waals surface area contributed by atoms with Gasteiger partial charge in [-0.25, -0.2) is 0 Å². The van der Waals surface area contributed by atoms with Crippen LogP contribution in [-0.2, 0) is 6.54 Å². The molecule has 0 saturated heterocycles. The highest BCUT2D eigenvalue weighted by Crippen LogP contribution is 2.12. The monoisotopic (exact) mass is 221 g/mol. The predicted molar refractivity (Wildman–Crippen MR) is 71.3 cm³/mol. The zero-order chi connectivity index (χ0) is 11.9. The summed E-state index contributed by atoms with van der Waals surface area (Å²) in [6, 6.07) is 20.3. The molecular formula is C16H15N. The molecule has 0 spiro atoms. The van der Waals surface area contributed by atoms with Gasteiger partial charge in [0.1, 0.15) is 0 Å². The van der Waals surface area contributed by atoms with Gasteiger partial charge < -0.3 is 0 Å². The first kappa shape index (κ1) is 11.4. The summed E-state index contributed by atoms with van der Waals surface area (Å²) in [6.45, 7) is 0.782. The Balaban J connectivity index is 2.01. The highest BCUT2D eigenvalue weighted by molar-refractivity contribution is 5.26. The van der Waals surface area contributed by atoms with Gasteiger partial charge in [-0.2, -0.15) is 0 Å². The van der Waals surface area contributed by atoms with Gasteiger partial charge in [-0.05, 0) is 11.1 Å². The van der Waals surface area contributed by atoms with Gasteiger partial charge >= 0.3 is 0 Å². The number of benzene rings is 2. The minimum Gasteiger partial charge on any atom is -0.296 e. The molecule has 1 N–H and O–H groups in total. The van der Waals surface area contributed by atoms with Gasteiger partial charge in [0, 0.05) is 6.54 Å². The van der Waals surface area contributed by atoms with Crippen LogP contribution in [0.3, 0.4) is 0 Å². The van der Waals surface area contributed by atoms with Crippen molar-refractivity contribution in [3.63, 3.8) is 0 Å². The Morgan fingerprint density at radius 2 is 1.53 bits per heavy atom. The minimum atomic E-state index is -0.0311. The fraction of sp³-hybridized carbons (Fsp3) is 0.125. The van der Waals surface area contributed by atoms with Crippen LogP contribution in [0.15, 0.2) is 60.7 Å². The number of nitrogens with one attached hydrogen (secondary N) is 1. The van der Waals surface area contributed by atoms with Crippen molar-refractivity contribution in [3.8, 4) is 12.3 Å². The lowest BCUT2D eigenvalue weighted by molar-refractivity contribution is 0.636. The van der Waals surface area contributed by atoms with Gasteiger partial charge in [-0.15, -0.1) is 6.42 Å².